The number of alkyl halides is 3. The summed E-state index contributed by atoms with van der Waals surface area (Å²) in [5.41, 5.74) is 2.87. The highest BCUT2D eigenvalue weighted by molar-refractivity contribution is 5.98. The summed E-state index contributed by atoms with van der Waals surface area (Å²) in [5, 5.41) is 2.40. The fraction of sp³-hybridized carbons (Fsp3) is 0.263. The predicted molar refractivity (Wildman–Crippen MR) is 95.7 cm³/mol. The summed E-state index contributed by atoms with van der Waals surface area (Å²) in [6.07, 6.45) is -4.61. The zero-order chi connectivity index (χ0) is 20.9. The first kappa shape index (κ1) is 21.2. The van der Waals surface area contributed by atoms with Gasteiger partial charge in [0.05, 0.1) is 16.8 Å². The molecule has 0 saturated heterocycles. The first-order valence-corrected chi connectivity index (χ1v) is 8.38. The molecule has 9 heteroatoms. The van der Waals surface area contributed by atoms with Crippen molar-refractivity contribution in [3.63, 3.8) is 0 Å². The second-order valence-electron chi connectivity index (χ2n) is 6.33. The van der Waals surface area contributed by atoms with Gasteiger partial charge in [0.1, 0.15) is 11.9 Å². The van der Waals surface area contributed by atoms with Crippen molar-refractivity contribution >= 4 is 17.5 Å². The van der Waals surface area contributed by atoms with Crippen LogP contribution in [-0.4, -0.2) is 17.9 Å². The van der Waals surface area contributed by atoms with E-state index in [1.165, 1.54) is 30.3 Å². The van der Waals surface area contributed by atoms with Crippen molar-refractivity contribution < 1.29 is 27.2 Å². The average Bonchev–Trinajstić information content (AvgIpc) is 2.63. The number of hydrazine groups is 1. The number of para-hydroxylation sites is 1. The molecule has 5 nitrogen and oxygen atoms in total. The lowest BCUT2D eigenvalue weighted by molar-refractivity contribution is -0.137. The normalized spacial score (nSPS) is 12.4. The van der Waals surface area contributed by atoms with Crippen molar-refractivity contribution in [1.82, 2.24) is 10.7 Å². The van der Waals surface area contributed by atoms with E-state index in [4.69, 9.17) is 0 Å². The molecule has 3 N–H and O–H groups in total. The maximum Gasteiger partial charge on any atom is 0.418 e. The molecule has 0 bridgehead atoms. The summed E-state index contributed by atoms with van der Waals surface area (Å²) in [7, 11) is 0. The molecule has 0 radical (unpaired) electrons. The Kier molecular flexibility index (Phi) is 6.61. The van der Waals surface area contributed by atoms with Crippen LogP contribution in [0.5, 0.6) is 0 Å². The van der Waals surface area contributed by atoms with Crippen molar-refractivity contribution in [2.75, 3.05) is 5.43 Å². The van der Waals surface area contributed by atoms with E-state index in [-0.39, 0.29) is 11.3 Å². The van der Waals surface area contributed by atoms with Gasteiger partial charge in [0, 0.05) is 0 Å². The number of hydrogen-bond donors (Lipinski definition) is 3. The zero-order valence-electron chi connectivity index (χ0n) is 15.1. The Morgan fingerprint density at radius 2 is 1.57 bits per heavy atom. The average molecular weight is 397 g/mol. The molecular weight excluding hydrogens is 378 g/mol. The molecule has 2 amide bonds. The summed E-state index contributed by atoms with van der Waals surface area (Å²) >= 11 is 0. The third kappa shape index (κ3) is 5.21. The summed E-state index contributed by atoms with van der Waals surface area (Å²) in [5.74, 6) is -2.73. The monoisotopic (exact) mass is 397 g/mol. The van der Waals surface area contributed by atoms with Crippen LogP contribution >= 0.6 is 0 Å². The van der Waals surface area contributed by atoms with Gasteiger partial charge in [0.2, 0.25) is 0 Å². The molecule has 150 valence electrons. The fourth-order valence-corrected chi connectivity index (χ4v) is 2.45. The fourth-order valence-electron chi connectivity index (χ4n) is 2.45. The molecule has 0 heterocycles. The summed E-state index contributed by atoms with van der Waals surface area (Å²) in [6.45, 7) is 3.27. The molecule has 2 aromatic rings. The van der Waals surface area contributed by atoms with Crippen LogP contribution in [-0.2, 0) is 11.0 Å². The molecule has 0 spiro atoms. The Balaban J connectivity index is 2.10. The Morgan fingerprint density at radius 3 is 2.18 bits per heavy atom. The van der Waals surface area contributed by atoms with E-state index in [1.807, 2.05) is 0 Å². The largest absolute Gasteiger partial charge is 0.418 e. The lowest BCUT2D eigenvalue weighted by atomic mass is 10.0. The Hall–Kier alpha value is -3.10. The van der Waals surface area contributed by atoms with Crippen molar-refractivity contribution in [2.24, 2.45) is 5.92 Å². The van der Waals surface area contributed by atoms with Crippen molar-refractivity contribution in [1.29, 1.82) is 0 Å². The smallest absolute Gasteiger partial charge is 0.340 e. The van der Waals surface area contributed by atoms with E-state index in [9.17, 15) is 27.2 Å². The van der Waals surface area contributed by atoms with Gasteiger partial charge in [-0.2, -0.15) is 13.2 Å². The van der Waals surface area contributed by atoms with Gasteiger partial charge in [-0.3, -0.25) is 20.4 Å². The SMILES string of the molecule is CC(C)C(NC(=O)c1ccccc1F)C(=O)NNc1ccccc1C(F)(F)F. The summed E-state index contributed by atoms with van der Waals surface area (Å²) in [6, 6.07) is 8.79. The van der Waals surface area contributed by atoms with Crippen molar-refractivity contribution in [3.8, 4) is 0 Å². The number of anilines is 1. The molecule has 1 atom stereocenters. The van der Waals surface area contributed by atoms with Crippen LogP contribution in [0.2, 0.25) is 0 Å². The number of rotatable bonds is 6. The Bertz CT molecular complexity index is 853. The van der Waals surface area contributed by atoms with Crippen LogP contribution in [0.15, 0.2) is 48.5 Å². The molecule has 0 aliphatic carbocycles. The van der Waals surface area contributed by atoms with Gasteiger partial charge in [-0.1, -0.05) is 38.1 Å². The molecule has 28 heavy (non-hydrogen) atoms. The first-order chi connectivity index (χ1) is 13.1. The predicted octanol–water partition coefficient (Wildman–Crippen LogP) is 3.74. The van der Waals surface area contributed by atoms with E-state index in [0.29, 0.717) is 0 Å². The molecule has 0 fully saturated rings. The zero-order valence-corrected chi connectivity index (χ0v) is 15.1. The molecule has 0 saturated carbocycles. The minimum atomic E-state index is -4.61. The van der Waals surface area contributed by atoms with Crippen LogP contribution in [0.4, 0.5) is 23.2 Å². The number of carbonyl (C=O) groups is 2. The van der Waals surface area contributed by atoms with E-state index in [2.05, 4.69) is 16.2 Å². The minimum absolute atomic E-state index is 0.240. The number of amides is 2. The molecule has 0 aliphatic heterocycles. The molecular formula is C19H19F4N3O2. The number of nitrogens with one attached hydrogen (secondary N) is 3. The van der Waals surface area contributed by atoms with E-state index in [1.54, 1.807) is 13.8 Å². The van der Waals surface area contributed by atoms with E-state index >= 15 is 0 Å². The van der Waals surface area contributed by atoms with E-state index < -0.39 is 41.3 Å². The lowest BCUT2D eigenvalue weighted by Crippen LogP contribution is -2.51. The van der Waals surface area contributed by atoms with Crippen LogP contribution in [0, 0.1) is 11.7 Å². The van der Waals surface area contributed by atoms with Gasteiger partial charge >= 0.3 is 6.18 Å². The number of benzene rings is 2. The third-order valence-electron chi connectivity index (χ3n) is 3.91. The van der Waals surface area contributed by atoms with Crippen molar-refractivity contribution in [3.05, 3.63) is 65.5 Å². The number of halogens is 4. The lowest BCUT2D eigenvalue weighted by Gasteiger charge is -2.23. The van der Waals surface area contributed by atoms with Gasteiger partial charge < -0.3 is 5.32 Å². The maximum absolute atomic E-state index is 13.7. The Labute approximate surface area is 159 Å². The third-order valence-corrected chi connectivity index (χ3v) is 3.91. The van der Waals surface area contributed by atoms with Gasteiger partial charge in [0.25, 0.3) is 11.8 Å². The number of carbonyl (C=O) groups excluding carboxylic acids is 2. The first-order valence-electron chi connectivity index (χ1n) is 8.38. The highest BCUT2D eigenvalue weighted by Gasteiger charge is 2.33. The van der Waals surface area contributed by atoms with Gasteiger partial charge in [-0.25, -0.2) is 4.39 Å². The molecule has 2 aromatic carbocycles. The molecule has 0 aromatic heterocycles. The van der Waals surface area contributed by atoms with Crippen molar-refractivity contribution in [2.45, 2.75) is 26.1 Å². The van der Waals surface area contributed by atoms with Gasteiger partial charge in [0.15, 0.2) is 0 Å². The molecule has 0 aliphatic rings. The second-order valence-corrected chi connectivity index (χ2v) is 6.33. The second kappa shape index (κ2) is 8.73. The topological polar surface area (TPSA) is 70.2 Å². The van der Waals surface area contributed by atoms with E-state index in [0.717, 1.165) is 18.2 Å². The maximum atomic E-state index is 13.7. The van der Waals surface area contributed by atoms with Crippen LogP contribution < -0.4 is 16.2 Å². The summed E-state index contributed by atoms with van der Waals surface area (Å²) < 4.78 is 52.8. The summed E-state index contributed by atoms with van der Waals surface area (Å²) in [4.78, 5) is 24.7. The highest BCUT2D eigenvalue weighted by atomic mass is 19.4. The van der Waals surface area contributed by atoms with Crippen LogP contribution in [0.1, 0.15) is 29.8 Å². The Morgan fingerprint density at radius 1 is 0.964 bits per heavy atom. The number of hydrogen-bond acceptors (Lipinski definition) is 3. The van der Waals surface area contributed by atoms with Gasteiger partial charge in [-0.15, -0.1) is 0 Å². The highest BCUT2D eigenvalue weighted by Crippen LogP contribution is 2.34. The standard InChI is InChI=1S/C19H19F4N3O2/c1-11(2)16(24-17(27)12-7-3-5-9-14(12)20)18(28)26-25-15-10-6-4-8-13(15)19(21,22)23/h3-11,16,25H,1-2H3,(H,24,27)(H,26,28). The van der Waals surface area contributed by atoms with Crippen LogP contribution in [0.3, 0.4) is 0 Å². The quantitative estimate of drug-likeness (QED) is 0.514. The molecule has 1 unspecified atom stereocenters. The molecule has 2 rings (SSSR count). The minimum Gasteiger partial charge on any atom is -0.340 e. The van der Waals surface area contributed by atoms with Crippen LogP contribution in [0.25, 0.3) is 0 Å². The van der Waals surface area contributed by atoms with Gasteiger partial charge in [-0.05, 0) is 30.2 Å².